The highest BCUT2D eigenvalue weighted by molar-refractivity contribution is 5.08. The third-order valence-electron chi connectivity index (χ3n) is 9.62. The van der Waals surface area contributed by atoms with Crippen LogP contribution in [0.15, 0.2) is 0 Å². The van der Waals surface area contributed by atoms with Crippen molar-refractivity contribution in [3.63, 3.8) is 0 Å². The maximum absolute atomic E-state index is 2.72. The standard InChI is InChI=1S/C22H38/c1-5-16-7-9-19-18-8-6-17-14-15(2)10-12-22(17,4)20(18)11-13-21(16,19)3/h15-20H,5-14H2,1-4H3/t15?,16-,17-,18-,19-,20-,21+,22-/m0/s1. The molecule has 4 fully saturated rings. The Labute approximate surface area is 138 Å². The summed E-state index contributed by atoms with van der Waals surface area (Å²) < 4.78 is 0. The fourth-order valence-corrected chi connectivity index (χ4v) is 8.25. The van der Waals surface area contributed by atoms with E-state index in [0.29, 0.717) is 10.8 Å². The Hall–Kier alpha value is 0. The minimum atomic E-state index is 0.709. The lowest BCUT2D eigenvalue weighted by Gasteiger charge is -2.61. The molecule has 0 aromatic rings. The van der Waals surface area contributed by atoms with E-state index in [1.54, 1.807) is 44.9 Å². The van der Waals surface area contributed by atoms with E-state index in [9.17, 15) is 0 Å². The molecule has 0 spiro atoms. The molecule has 4 aliphatic rings. The van der Waals surface area contributed by atoms with E-state index in [1.165, 1.54) is 19.3 Å². The number of hydrogen-bond donors (Lipinski definition) is 0. The molecular weight excluding hydrogens is 264 g/mol. The van der Waals surface area contributed by atoms with Gasteiger partial charge in [-0.1, -0.05) is 40.5 Å². The van der Waals surface area contributed by atoms with Crippen LogP contribution in [0.2, 0.25) is 0 Å². The van der Waals surface area contributed by atoms with Gasteiger partial charge in [0.25, 0.3) is 0 Å². The molecule has 4 aliphatic carbocycles. The molecule has 8 atom stereocenters. The van der Waals surface area contributed by atoms with Crippen LogP contribution in [0.1, 0.15) is 91.9 Å². The third-order valence-corrected chi connectivity index (χ3v) is 9.62. The Morgan fingerprint density at radius 3 is 2.32 bits per heavy atom. The molecule has 0 radical (unpaired) electrons. The van der Waals surface area contributed by atoms with E-state index in [2.05, 4.69) is 27.7 Å². The minimum absolute atomic E-state index is 0.709. The van der Waals surface area contributed by atoms with E-state index >= 15 is 0 Å². The maximum Gasteiger partial charge on any atom is -0.0266 e. The van der Waals surface area contributed by atoms with Crippen molar-refractivity contribution in [1.82, 2.24) is 0 Å². The molecule has 0 N–H and O–H groups in total. The van der Waals surface area contributed by atoms with Gasteiger partial charge in [-0.3, -0.25) is 0 Å². The molecule has 0 bridgehead atoms. The van der Waals surface area contributed by atoms with Crippen molar-refractivity contribution in [2.75, 3.05) is 0 Å². The maximum atomic E-state index is 2.72. The van der Waals surface area contributed by atoms with E-state index in [0.717, 1.165) is 35.5 Å². The number of rotatable bonds is 1. The molecule has 4 saturated carbocycles. The van der Waals surface area contributed by atoms with Crippen LogP contribution in [0.3, 0.4) is 0 Å². The Balaban J connectivity index is 1.61. The summed E-state index contributed by atoms with van der Waals surface area (Å²) in [6.45, 7) is 10.4. The molecule has 0 amide bonds. The van der Waals surface area contributed by atoms with Crippen LogP contribution in [0.4, 0.5) is 0 Å². The van der Waals surface area contributed by atoms with Crippen LogP contribution >= 0.6 is 0 Å². The second kappa shape index (κ2) is 5.25. The summed E-state index contributed by atoms with van der Waals surface area (Å²) in [4.78, 5) is 0. The Morgan fingerprint density at radius 1 is 0.818 bits per heavy atom. The monoisotopic (exact) mass is 302 g/mol. The topological polar surface area (TPSA) is 0 Å². The van der Waals surface area contributed by atoms with Gasteiger partial charge < -0.3 is 0 Å². The molecule has 4 rings (SSSR count). The first-order valence-electron chi connectivity index (χ1n) is 10.5. The number of hydrogen-bond acceptors (Lipinski definition) is 0. The highest BCUT2D eigenvalue weighted by Gasteiger charge is 2.59. The molecule has 0 aliphatic heterocycles. The fourth-order valence-electron chi connectivity index (χ4n) is 8.25. The second-order valence-corrected chi connectivity index (χ2v) is 10.3. The molecule has 0 saturated heterocycles. The summed E-state index contributed by atoms with van der Waals surface area (Å²) in [6, 6.07) is 0. The van der Waals surface area contributed by atoms with Gasteiger partial charge in [-0.15, -0.1) is 0 Å². The predicted octanol–water partition coefficient (Wildman–Crippen LogP) is 6.69. The first-order valence-corrected chi connectivity index (χ1v) is 10.5. The highest BCUT2D eigenvalue weighted by atomic mass is 14.6. The normalized spacial score (nSPS) is 57.8. The van der Waals surface area contributed by atoms with Gasteiger partial charge in [0.2, 0.25) is 0 Å². The summed E-state index contributed by atoms with van der Waals surface area (Å²) in [7, 11) is 0. The largest absolute Gasteiger partial charge is 0.0651 e. The van der Waals surface area contributed by atoms with Crippen molar-refractivity contribution in [2.45, 2.75) is 91.9 Å². The molecule has 1 unspecified atom stereocenters. The van der Waals surface area contributed by atoms with Gasteiger partial charge in [0, 0.05) is 0 Å². The van der Waals surface area contributed by atoms with Crippen molar-refractivity contribution in [2.24, 2.45) is 46.3 Å². The lowest BCUT2D eigenvalue weighted by Crippen LogP contribution is -2.53. The van der Waals surface area contributed by atoms with Gasteiger partial charge in [-0.2, -0.15) is 0 Å². The Morgan fingerprint density at radius 2 is 1.55 bits per heavy atom. The molecular formula is C22H38. The summed E-state index contributed by atoms with van der Waals surface area (Å²) in [5, 5.41) is 0. The molecule has 126 valence electrons. The number of fused-ring (bicyclic) bond motifs is 5. The van der Waals surface area contributed by atoms with Gasteiger partial charge in [-0.05, 0) is 97.7 Å². The van der Waals surface area contributed by atoms with Gasteiger partial charge in [0.05, 0.1) is 0 Å². The van der Waals surface area contributed by atoms with E-state index in [1.807, 2.05) is 0 Å². The average molecular weight is 303 g/mol. The summed E-state index contributed by atoms with van der Waals surface area (Å²) in [5.41, 5.74) is 1.42. The second-order valence-electron chi connectivity index (χ2n) is 10.3. The van der Waals surface area contributed by atoms with Gasteiger partial charge in [0.15, 0.2) is 0 Å². The zero-order chi connectivity index (χ0) is 15.5. The molecule has 0 heterocycles. The Kier molecular flexibility index (Phi) is 3.70. The minimum Gasteiger partial charge on any atom is -0.0651 e. The summed E-state index contributed by atoms with van der Waals surface area (Å²) >= 11 is 0. The van der Waals surface area contributed by atoms with Crippen molar-refractivity contribution in [1.29, 1.82) is 0 Å². The first-order chi connectivity index (χ1) is 10.5. The molecule has 0 aromatic heterocycles. The zero-order valence-corrected chi connectivity index (χ0v) is 15.5. The molecule has 0 nitrogen and oxygen atoms in total. The van der Waals surface area contributed by atoms with Crippen molar-refractivity contribution >= 4 is 0 Å². The average Bonchev–Trinajstić information content (AvgIpc) is 2.84. The predicted molar refractivity (Wildman–Crippen MR) is 94.7 cm³/mol. The van der Waals surface area contributed by atoms with Crippen LogP contribution in [-0.4, -0.2) is 0 Å². The Bertz CT molecular complexity index is 426. The van der Waals surface area contributed by atoms with E-state index < -0.39 is 0 Å². The molecule has 22 heavy (non-hydrogen) atoms. The van der Waals surface area contributed by atoms with Crippen molar-refractivity contribution < 1.29 is 0 Å². The first kappa shape index (κ1) is 15.5. The summed E-state index contributed by atoms with van der Waals surface area (Å²) in [6.07, 6.45) is 15.4. The SMILES string of the molecule is CC[C@H]1CC[C@H]2[C@@H]3CC[C@H]4CC(C)CC[C@]4(C)[C@H]3CC[C@]12C. The van der Waals surface area contributed by atoms with E-state index in [4.69, 9.17) is 0 Å². The van der Waals surface area contributed by atoms with Gasteiger partial charge in [-0.25, -0.2) is 0 Å². The van der Waals surface area contributed by atoms with Gasteiger partial charge in [0.1, 0.15) is 0 Å². The third kappa shape index (κ3) is 2.01. The van der Waals surface area contributed by atoms with Crippen molar-refractivity contribution in [3.8, 4) is 0 Å². The van der Waals surface area contributed by atoms with Crippen LogP contribution in [-0.2, 0) is 0 Å². The van der Waals surface area contributed by atoms with Crippen LogP contribution < -0.4 is 0 Å². The zero-order valence-electron chi connectivity index (χ0n) is 15.5. The lowest BCUT2D eigenvalue weighted by molar-refractivity contribution is -0.117. The van der Waals surface area contributed by atoms with Crippen molar-refractivity contribution in [3.05, 3.63) is 0 Å². The fraction of sp³-hybridized carbons (Fsp3) is 1.00. The smallest absolute Gasteiger partial charge is 0.0266 e. The highest BCUT2D eigenvalue weighted by Crippen LogP contribution is 2.68. The van der Waals surface area contributed by atoms with Crippen LogP contribution in [0.25, 0.3) is 0 Å². The molecule has 0 aromatic carbocycles. The summed E-state index contributed by atoms with van der Waals surface area (Å²) in [5.74, 6) is 6.34. The van der Waals surface area contributed by atoms with Crippen LogP contribution in [0, 0.1) is 46.3 Å². The quantitative estimate of drug-likeness (QED) is 0.506. The van der Waals surface area contributed by atoms with Gasteiger partial charge >= 0.3 is 0 Å². The molecule has 0 heteroatoms. The van der Waals surface area contributed by atoms with E-state index in [-0.39, 0.29) is 0 Å². The van der Waals surface area contributed by atoms with Crippen LogP contribution in [0.5, 0.6) is 0 Å². The lowest BCUT2D eigenvalue weighted by atomic mass is 9.44.